The van der Waals surface area contributed by atoms with E-state index in [-0.39, 0.29) is 0 Å². The predicted molar refractivity (Wildman–Crippen MR) is 227 cm³/mol. The molecule has 0 amide bonds. The highest BCUT2D eigenvalue weighted by molar-refractivity contribution is 6.09. The molecule has 0 N–H and O–H groups in total. The van der Waals surface area contributed by atoms with E-state index in [1.54, 1.807) is 0 Å². The van der Waals surface area contributed by atoms with E-state index in [1.165, 1.54) is 76.5 Å². The Hall–Kier alpha value is -6.96. The van der Waals surface area contributed by atoms with E-state index in [1.807, 2.05) is 0 Å². The van der Waals surface area contributed by atoms with Gasteiger partial charge in [-0.05, 0) is 119 Å². The van der Waals surface area contributed by atoms with Gasteiger partial charge in [-0.15, -0.1) is 0 Å². The summed E-state index contributed by atoms with van der Waals surface area (Å²) >= 11 is 0. The summed E-state index contributed by atoms with van der Waals surface area (Å²) in [6.07, 6.45) is 0. The summed E-state index contributed by atoms with van der Waals surface area (Å²) in [5.74, 6) is 0. The van der Waals surface area contributed by atoms with Gasteiger partial charge in [0.25, 0.3) is 0 Å². The molecule has 10 aromatic carbocycles. The second kappa shape index (κ2) is 13.0. The molecule has 0 aliphatic carbocycles. The maximum Gasteiger partial charge on any atom is 0.0468 e. The van der Waals surface area contributed by atoms with Crippen molar-refractivity contribution in [2.24, 2.45) is 0 Å². The van der Waals surface area contributed by atoms with Crippen LogP contribution in [0.5, 0.6) is 0 Å². The third kappa shape index (κ3) is 5.60. The van der Waals surface area contributed by atoms with Crippen LogP contribution >= 0.6 is 0 Å². The minimum absolute atomic E-state index is 1.11. The molecular formula is C52H35N. The first-order valence-electron chi connectivity index (χ1n) is 18.3. The maximum absolute atomic E-state index is 2.40. The van der Waals surface area contributed by atoms with E-state index in [9.17, 15) is 0 Å². The van der Waals surface area contributed by atoms with Gasteiger partial charge in [0.05, 0.1) is 0 Å². The Balaban J connectivity index is 1.14. The van der Waals surface area contributed by atoms with Crippen LogP contribution in [0.15, 0.2) is 212 Å². The van der Waals surface area contributed by atoms with E-state index >= 15 is 0 Å². The molecule has 0 fully saturated rings. The summed E-state index contributed by atoms with van der Waals surface area (Å²) in [7, 11) is 0. The van der Waals surface area contributed by atoms with Crippen molar-refractivity contribution in [2.45, 2.75) is 0 Å². The van der Waals surface area contributed by atoms with Crippen molar-refractivity contribution in [3.05, 3.63) is 212 Å². The van der Waals surface area contributed by atoms with Gasteiger partial charge < -0.3 is 4.90 Å². The summed E-state index contributed by atoms with van der Waals surface area (Å²) in [5, 5.41) is 9.99. The first-order chi connectivity index (χ1) is 26.3. The number of benzene rings is 10. The summed E-state index contributed by atoms with van der Waals surface area (Å²) in [6.45, 7) is 0. The Morgan fingerprint density at radius 3 is 1.60 bits per heavy atom. The molecule has 0 spiro atoms. The molecule has 0 saturated heterocycles. The molecule has 1 nitrogen and oxygen atoms in total. The molecule has 1 heteroatoms. The topological polar surface area (TPSA) is 3.24 Å². The van der Waals surface area contributed by atoms with E-state index in [0.717, 1.165) is 17.1 Å². The zero-order chi connectivity index (χ0) is 35.1. The fourth-order valence-electron chi connectivity index (χ4n) is 8.00. The van der Waals surface area contributed by atoms with Crippen LogP contribution in [0.3, 0.4) is 0 Å². The van der Waals surface area contributed by atoms with Crippen molar-refractivity contribution in [1.29, 1.82) is 0 Å². The fraction of sp³-hybridized carbons (Fsp3) is 0. The Morgan fingerprint density at radius 1 is 0.245 bits per heavy atom. The van der Waals surface area contributed by atoms with E-state index < -0.39 is 0 Å². The predicted octanol–water partition coefficient (Wildman–Crippen LogP) is 14.8. The lowest BCUT2D eigenvalue weighted by atomic mass is 9.91. The lowest BCUT2D eigenvalue weighted by Crippen LogP contribution is -2.10. The van der Waals surface area contributed by atoms with Crippen LogP contribution in [0.2, 0.25) is 0 Å². The summed E-state index contributed by atoms with van der Waals surface area (Å²) < 4.78 is 0. The second-order valence-electron chi connectivity index (χ2n) is 13.8. The molecule has 53 heavy (non-hydrogen) atoms. The SMILES string of the molecule is c1ccc(-c2cccc3cccc(-c4cccc(N(c5ccc(-c6ccc7ccccc7c6)cc5)c5ccc6ccc7ccccc7c6c5)c4)c23)cc1. The molecule has 0 bridgehead atoms. The Bertz CT molecular complexity index is 2940. The monoisotopic (exact) mass is 673 g/mol. The van der Waals surface area contributed by atoms with Gasteiger partial charge in [0, 0.05) is 17.1 Å². The van der Waals surface area contributed by atoms with Gasteiger partial charge in [-0.1, -0.05) is 170 Å². The highest BCUT2D eigenvalue weighted by Crippen LogP contribution is 2.42. The zero-order valence-electron chi connectivity index (χ0n) is 29.2. The highest BCUT2D eigenvalue weighted by Gasteiger charge is 2.17. The number of fused-ring (bicyclic) bond motifs is 5. The third-order valence-electron chi connectivity index (χ3n) is 10.6. The van der Waals surface area contributed by atoms with Crippen molar-refractivity contribution in [3.63, 3.8) is 0 Å². The van der Waals surface area contributed by atoms with Gasteiger partial charge in [-0.2, -0.15) is 0 Å². The van der Waals surface area contributed by atoms with Crippen molar-refractivity contribution in [2.75, 3.05) is 4.90 Å². The summed E-state index contributed by atoms with van der Waals surface area (Å²) in [5.41, 5.74) is 10.6. The smallest absolute Gasteiger partial charge is 0.0468 e. The minimum atomic E-state index is 1.11. The normalized spacial score (nSPS) is 11.4. The Kier molecular flexibility index (Phi) is 7.55. The summed E-state index contributed by atoms with van der Waals surface area (Å²) in [6, 6.07) is 77.3. The van der Waals surface area contributed by atoms with Crippen molar-refractivity contribution in [1.82, 2.24) is 0 Å². The van der Waals surface area contributed by atoms with Gasteiger partial charge in [-0.3, -0.25) is 0 Å². The van der Waals surface area contributed by atoms with Crippen molar-refractivity contribution >= 4 is 60.2 Å². The van der Waals surface area contributed by atoms with Crippen LogP contribution in [-0.2, 0) is 0 Å². The number of hydrogen-bond donors (Lipinski definition) is 0. The number of anilines is 3. The van der Waals surface area contributed by atoms with Crippen LogP contribution in [-0.4, -0.2) is 0 Å². The van der Waals surface area contributed by atoms with Crippen LogP contribution in [0, 0.1) is 0 Å². The van der Waals surface area contributed by atoms with Crippen LogP contribution in [0.4, 0.5) is 17.1 Å². The third-order valence-corrected chi connectivity index (χ3v) is 10.6. The van der Waals surface area contributed by atoms with E-state index in [2.05, 4.69) is 217 Å². The van der Waals surface area contributed by atoms with E-state index in [4.69, 9.17) is 0 Å². The quantitative estimate of drug-likeness (QED) is 0.159. The Labute approximate surface area is 309 Å². The molecule has 0 aliphatic rings. The van der Waals surface area contributed by atoms with Crippen LogP contribution in [0.1, 0.15) is 0 Å². The molecule has 248 valence electrons. The molecule has 0 radical (unpaired) electrons. The van der Waals surface area contributed by atoms with Gasteiger partial charge in [0.2, 0.25) is 0 Å². The molecule has 0 heterocycles. The number of hydrogen-bond acceptors (Lipinski definition) is 1. The lowest BCUT2D eigenvalue weighted by Gasteiger charge is -2.27. The molecule has 0 aromatic heterocycles. The fourth-order valence-corrected chi connectivity index (χ4v) is 8.00. The van der Waals surface area contributed by atoms with E-state index in [0.29, 0.717) is 0 Å². The van der Waals surface area contributed by atoms with Crippen LogP contribution < -0.4 is 4.90 Å². The van der Waals surface area contributed by atoms with Crippen molar-refractivity contribution in [3.8, 4) is 33.4 Å². The maximum atomic E-state index is 2.40. The molecule has 0 unspecified atom stereocenters. The van der Waals surface area contributed by atoms with Crippen molar-refractivity contribution < 1.29 is 0 Å². The first kappa shape index (κ1) is 30.8. The van der Waals surface area contributed by atoms with Gasteiger partial charge in [0.15, 0.2) is 0 Å². The number of rotatable bonds is 6. The molecule has 10 rings (SSSR count). The van der Waals surface area contributed by atoms with Crippen LogP contribution in [0.25, 0.3) is 76.5 Å². The molecule has 0 saturated carbocycles. The highest BCUT2D eigenvalue weighted by atomic mass is 15.1. The average Bonchev–Trinajstić information content (AvgIpc) is 3.24. The molecule has 10 aromatic rings. The van der Waals surface area contributed by atoms with Gasteiger partial charge in [0.1, 0.15) is 0 Å². The zero-order valence-corrected chi connectivity index (χ0v) is 29.2. The van der Waals surface area contributed by atoms with Gasteiger partial charge >= 0.3 is 0 Å². The standard InChI is InChI=1S/C52H35N/c1-2-12-38(13-3-1)49-21-9-16-41-17-10-22-50(52(41)49)44-18-8-19-46(34-44)53(47-32-29-40-25-24-39-14-6-7-20-48(39)51(40)35-47)45-30-27-37(28-31-45)43-26-23-36-11-4-5-15-42(36)33-43/h1-35H. The average molecular weight is 674 g/mol. The minimum Gasteiger partial charge on any atom is -0.310 e. The molecular weight excluding hydrogens is 639 g/mol. The lowest BCUT2D eigenvalue weighted by molar-refractivity contribution is 1.29. The Morgan fingerprint density at radius 2 is 0.792 bits per heavy atom. The number of nitrogens with zero attached hydrogens (tertiary/aromatic N) is 1. The first-order valence-corrected chi connectivity index (χ1v) is 18.3. The largest absolute Gasteiger partial charge is 0.310 e. The second-order valence-corrected chi connectivity index (χ2v) is 13.8. The summed E-state index contributed by atoms with van der Waals surface area (Å²) in [4.78, 5) is 2.40. The molecule has 0 aliphatic heterocycles. The van der Waals surface area contributed by atoms with Gasteiger partial charge in [-0.25, -0.2) is 0 Å². The molecule has 0 atom stereocenters.